The fourth-order valence-corrected chi connectivity index (χ4v) is 1.31. The third-order valence-electron chi connectivity index (χ3n) is 2.19. The maximum absolute atomic E-state index is 11.2. The molecule has 0 rings (SSSR count). The largest absolute Gasteiger partial charge is 0.469 e. The molecule has 0 radical (unpaired) electrons. The number of hydrogen-bond donors (Lipinski definition) is 1. The lowest BCUT2D eigenvalue weighted by molar-refractivity contribution is -0.142. The highest BCUT2D eigenvalue weighted by Crippen LogP contribution is 2.11. The number of methoxy groups -OCH3 is 1. The number of ether oxygens (including phenoxy) is 2. The fraction of sp³-hybridized carbons (Fsp3) is 0.909. The quantitative estimate of drug-likeness (QED) is 0.623. The van der Waals surface area contributed by atoms with Crippen LogP contribution in [0.4, 0.5) is 0 Å². The van der Waals surface area contributed by atoms with E-state index in [-0.39, 0.29) is 11.5 Å². The van der Waals surface area contributed by atoms with E-state index in [2.05, 4.69) is 17.0 Å². The lowest BCUT2D eigenvalue weighted by atomic mass is 9.99. The number of esters is 1. The minimum absolute atomic E-state index is 0.208. The van der Waals surface area contributed by atoms with Crippen LogP contribution >= 0.6 is 0 Å². The standard InChI is InChI=1S/C11H23NO3/c1-5-7-12-11(3,9-15-6-2)8-10(13)14-4/h12H,5-9H2,1-4H3. The minimum Gasteiger partial charge on any atom is -0.469 e. The number of carbonyl (C=O) groups is 1. The van der Waals surface area contributed by atoms with Crippen molar-refractivity contribution in [3.63, 3.8) is 0 Å². The van der Waals surface area contributed by atoms with Gasteiger partial charge in [-0.25, -0.2) is 0 Å². The van der Waals surface area contributed by atoms with Crippen molar-refractivity contribution in [1.82, 2.24) is 5.32 Å². The molecule has 0 aliphatic rings. The van der Waals surface area contributed by atoms with Crippen LogP contribution in [0.3, 0.4) is 0 Å². The second-order valence-corrected chi connectivity index (χ2v) is 3.88. The SMILES string of the molecule is CCCNC(C)(COCC)CC(=O)OC. The lowest BCUT2D eigenvalue weighted by Gasteiger charge is -2.29. The van der Waals surface area contributed by atoms with Gasteiger partial charge < -0.3 is 14.8 Å². The summed E-state index contributed by atoms with van der Waals surface area (Å²) in [5.74, 6) is -0.208. The first kappa shape index (κ1) is 14.4. The van der Waals surface area contributed by atoms with Crippen LogP contribution in [0.1, 0.15) is 33.6 Å². The first-order valence-electron chi connectivity index (χ1n) is 5.47. The van der Waals surface area contributed by atoms with Gasteiger partial charge in [0.1, 0.15) is 0 Å². The Labute approximate surface area is 92.3 Å². The molecule has 4 nitrogen and oxygen atoms in total. The Morgan fingerprint density at radius 2 is 2.07 bits per heavy atom. The van der Waals surface area contributed by atoms with Gasteiger partial charge in [0.2, 0.25) is 0 Å². The van der Waals surface area contributed by atoms with E-state index < -0.39 is 0 Å². The van der Waals surface area contributed by atoms with E-state index in [0.717, 1.165) is 13.0 Å². The van der Waals surface area contributed by atoms with Crippen LogP contribution < -0.4 is 5.32 Å². The van der Waals surface area contributed by atoms with Crippen molar-refractivity contribution in [2.75, 3.05) is 26.9 Å². The Kier molecular flexibility index (Phi) is 7.34. The molecule has 4 heteroatoms. The van der Waals surface area contributed by atoms with Crippen molar-refractivity contribution in [2.24, 2.45) is 0 Å². The molecular formula is C11H23NO3. The zero-order valence-electron chi connectivity index (χ0n) is 10.3. The molecule has 1 atom stereocenters. The first-order valence-corrected chi connectivity index (χ1v) is 5.47. The molecule has 0 fully saturated rings. The molecule has 0 heterocycles. The molecule has 0 aromatic heterocycles. The molecule has 0 amide bonds. The van der Waals surface area contributed by atoms with Crippen LogP contribution in [0.2, 0.25) is 0 Å². The summed E-state index contributed by atoms with van der Waals surface area (Å²) in [5.41, 5.74) is -0.320. The van der Waals surface area contributed by atoms with E-state index in [1.807, 2.05) is 13.8 Å². The van der Waals surface area contributed by atoms with Gasteiger partial charge in [-0.05, 0) is 26.8 Å². The summed E-state index contributed by atoms with van der Waals surface area (Å²) in [6, 6.07) is 0. The average Bonchev–Trinajstić information content (AvgIpc) is 2.23. The van der Waals surface area contributed by atoms with Crippen molar-refractivity contribution < 1.29 is 14.3 Å². The molecular weight excluding hydrogens is 194 g/mol. The van der Waals surface area contributed by atoms with Crippen molar-refractivity contribution in [3.8, 4) is 0 Å². The second-order valence-electron chi connectivity index (χ2n) is 3.88. The highest BCUT2D eigenvalue weighted by molar-refractivity contribution is 5.70. The fourth-order valence-electron chi connectivity index (χ4n) is 1.31. The van der Waals surface area contributed by atoms with E-state index in [9.17, 15) is 4.79 Å². The summed E-state index contributed by atoms with van der Waals surface area (Å²) in [4.78, 5) is 11.2. The zero-order chi connectivity index (χ0) is 11.7. The second kappa shape index (κ2) is 7.65. The van der Waals surface area contributed by atoms with Gasteiger partial charge in [0.15, 0.2) is 0 Å². The summed E-state index contributed by atoms with van der Waals surface area (Å²) in [6.07, 6.45) is 1.37. The summed E-state index contributed by atoms with van der Waals surface area (Å²) in [6.45, 7) is 8.07. The highest BCUT2D eigenvalue weighted by Gasteiger charge is 2.27. The van der Waals surface area contributed by atoms with Gasteiger partial charge in [-0.1, -0.05) is 6.92 Å². The zero-order valence-corrected chi connectivity index (χ0v) is 10.3. The van der Waals surface area contributed by atoms with Crippen LogP contribution in [0.5, 0.6) is 0 Å². The molecule has 0 saturated carbocycles. The van der Waals surface area contributed by atoms with Gasteiger partial charge >= 0.3 is 5.97 Å². The molecule has 0 bridgehead atoms. The molecule has 1 N–H and O–H groups in total. The predicted octanol–water partition coefficient (Wildman–Crippen LogP) is 1.34. The topological polar surface area (TPSA) is 47.6 Å². The molecule has 1 unspecified atom stereocenters. The normalized spacial score (nSPS) is 14.7. The molecule has 0 spiro atoms. The van der Waals surface area contributed by atoms with Crippen LogP contribution in [-0.2, 0) is 14.3 Å². The van der Waals surface area contributed by atoms with Crippen LogP contribution in [0.25, 0.3) is 0 Å². The van der Waals surface area contributed by atoms with Crippen LogP contribution in [-0.4, -0.2) is 38.4 Å². The molecule has 90 valence electrons. The number of rotatable bonds is 8. The van der Waals surface area contributed by atoms with Crippen LogP contribution in [0.15, 0.2) is 0 Å². The number of carbonyl (C=O) groups excluding carboxylic acids is 1. The summed E-state index contributed by atoms with van der Waals surface area (Å²) in [7, 11) is 1.41. The van der Waals surface area contributed by atoms with Gasteiger partial charge in [0.25, 0.3) is 0 Å². The van der Waals surface area contributed by atoms with Gasteiger partial charge in [-0.3, -0.25) is 4.79 Å². The number of hydrogen-bond acceptors (Lipinski definition) is 4. The Balaban J connectivity index is 4.18. The van der Waals surface area contributed by atoms with E-state index in [1.165, 1.54) is 7.11 Å². The minimum atomic E-state index is -0.320. The third kappa shape index (κ3) is 6.47. The first-order chi connectivity index (χ1) is 7.08. The molecule has 0 aromatic carbocycles. The van der Waals surface area contributed by atoms with E-state index in [4.69, 9.17) is 4.74 Å². The van der Waals surface area contributed by atoms with E-state index >= 15 is 0 Å². The smallest absolute Gasteiger partial charge is 0.307 e. The van der Waals surface area contributed by atoms with Gasteiger partial charge in [0.05, 0.1) is 20.1 Å². The van der Waals surface area contributed by atoms with E-state index in [1.54, 1.807) is 0 Å². The summed E-state index contributed by atoms with van der Waals surface area (Å²) < 4.78 is 10.0. The Bertz CT molecular complexity index is 175. The van der Waals surface area contributed by atoms with Crippen molar-refractivity contribution in [2.45, 2.75) is 39.2 Å². The number of nitrogens with one attached hydrogen (secondary N) is 1. The highest BCUT2D eigenvalue weighted by atomic mass is 16.5. The lowest BCUT2D eigenvalue weighted by Crippen LogP contribution is -2.48. The monoisotopic (exact) mass is 217 g/mol. The molecule has 15 heavy (non-hydrogen) atoms. The Morgan fingerprint density at radius 1 is 1.40 bits per heavy atom. The van der Waals surface area contributed by atoms with Crippen molar-refractivity contribution >= 4 is 5.97 Å². The average molecular weight is 217 g/mol. The predicted molar refractivity (Wildman–Crippen MR) is 59.8 cm³/mol. The third-order valence-corrected chi connectivity index (χ3v) is 2.19. The molecule has 0 aromatic rings. The van der Waals surface area contributed by atoms with Crippen molar-refractivity contribution in [1.29, 1.82) is 0 Å². The van der Waals surface area contributed by atoms with E-state index in [0.29, 0.717) is 19.6 Å². The van der Waals surface area contributed by atoms with Crippen LogP contribution in [0, 0.1) is 0 Å². The maximum atomic E-state index is 11.2. The summed E-state index contributed by atoms with van der Waals surface area (Å²) >= 11 is 0. The Morgan fingerprint density at radius 3 is 2.53 bits per heavy atom. The van der Waals surface area contributed by atoms with Gasteiger partial charge in [-0.2, -0.15) is 0 Å². The van der Waals surface area contributed by atoms with Gasteiger partial charge in [-0.15, -0.1) is 0 Å². The summed E-state index contributed by atoms with van der Waals surface area (Å²) in [5, 5.41) is 3.32. The molecule has 0 aliphatic carbocycles. The van der Waals surface area contributed by atoms with Gasteiger partial charge in [0, 0.05) is 12.1 Å². The maximum Gasteiger partial charge on any atom is 0.307 e. The Hall–Kier alpha value is -0.610. The molecule has 0 saturated heterocycles. The van der Waals surface area contributed by atoms with Crippen molar-refractivity contribution in [3.05, 3.63) is 0 Å². The molecule has 0 aliphatic heterocycles.